The maximum absolute atomic E-state index is 2.45. The Morgan fingerprint density at radius 2 is 1.64 bits per heavy atom. The van der Waals surface area contributed by atoms with Gasteiger partial charge < -0.3 is 0 Å². The molecule has 0 heteroatoms. The van der Waals surface area contributed by atoms with E-state index in [4.69, 9.17) is 0 Å². The van der Waals surface area contributed by atoms with Crippen LogP contribution in [0.2, 0.25) is 0 Å². The molecule has 0 saturated heterocycles. The third kappa shape index (κ3) is 4.73. The summed E-state index contributed by atoms with van der Waals surface area (Å²) in [5, 5.41) is 0. The molecule has 0 unspecified atom stereocenters. The highest BCUT2D eigenvalue weighted by Crippen LogP contribution is 2.44. The summed E-state index contributed by atoms with van der Waals surface area (Å²) >= 11 is 0. The molecule has 0 nitrogen and oxygen atoms in total. The molecule has 0 heterocycles. The quantitative estimate of drug-likeness (QED) is 0.498. The lowest BCUT2D eigenvalue weighted by Gasteiger charge is -2.36. The molecule has 0 N–H and O–H groups in total. The molecule has 0 aromatic heterocycles. The van der Waals surface area contributed by atoms with Crippen molar-refractivity contribution in [1.29, 1.82) is 0 Å². The Labute approximate surface area is 138 Å². The van der Waals surface area contributed by atoms with Crippen molar-refractivity contribution >= 4 is 0 Å². The normalized spacial score (nSPS) is 18.6. The molecule has 1 aromatic carbocycles. The summed E-state index contributed by atoms with van der Waals surface area (Å²) in [6.07, 6.45) is 9.16. The Kier molecular flexibility index (Phi) is 5.53. The summed E-state index contributed by atoms with van der Waals surface area (Å²) in [7, 11) is 0. The van der Waals surface area contributed by atoms with Crippen LogP contribution in [0.25, 0.3) is 0 Å². The van der Waals surface area contributed by atoms with E-state index in [0.29, 0.717) is 10.8 Å². The van der Waals surface area contributed by atoms with Crippen LogP contribution in [0.15, 0.2) is 41.5 Å². The predicted molar refractivity (Wildman–Crippen MR) is 98.1 cm³/mol. The molecule has 0 fully saturated rings. The molecule has 0 radical (unpaired) electrons. The lowest BCUT2D eigenvalue weighted by molar-refractivity contribution is 0.283. The molecular weight excluding hydrogens is 264 g/mol. The molecule has 0 bridgehead atoms. The minimum Gasteiger partial charge on any atom is -0.0736 e. The second kappa shape index (κ2) is 7.02. The predicted octanol–water partition coefficient (Wildman–Crippen LogP) is 6.95. The molecule has 122 valence electrons. The van der Waals surface area contributed by atoms with Gasteiger partial charge in [-0.25, -0.2) is 0 Å². The highest BCUT2D eigenvalue weighted by atomic mass is 14.3. The molecule has 22 heavy (non-hydrogen) atoms. The van der Waals surface area contributed by atoms with Crippen LogP contribution < -0.4 is 0 Å². The van der Waals surface area contributed by atoms with Crippen LogP contribution in [-0.2, 0) is 6.42 Å². The second-order valence-corrected chi connectivity index (χ2v) is 8.65. The summed E-state index contributed by atoms with van der Waals surface area (Å²) in [5.74, 6) is 0. The molecule has 1 aliphatic rings. The average molecular weight is 299 g/mol. The number of hydrogen-bond acceptors (Lipinski definition) is 0. The zero-order valence-electron chi connectivity index (χ0n) is 15.3. The van der Waals surface area contributed by atoms with Crippen LogP contribution in [0.1, 0.15) is 78.7 Å². The monoisotopic (exact) mass is 298 g/mol. The smallest absolute Gasteiger partial charge is 0.0142 e. The van der Waals surface area contributed by atoms with E-state index in [1.807, 2.05) is 0 Å². The van der Waals surface area contributed by atoms with Crippen molar-refractivity contribution in [3.63, 3.8) is 0 Å². The van der Waals surface area contributed by atoms with E-state index in [1.54, 1.807) is 11.1 Å². The van der Waals surface area contributed by atoms with Crippen molar-refractivity contribution in [2.45, 2.75) is 79.6 Å². The van der Waals surface area contributed by atoms with Crippen LogP contribution in [0.5, 0.6) is 0 Å². The molecule has 1 aromatic rings. The summed E-state index contributed by atoms with van der Waals surface area (Å²) in [6, 6.07) is 10.9. The summed E-state index contributed by atoms with van der Waals surface area (Å²) < 4.78 is 0. The van der Waals surface area contributed by atoms with Gasteiger partial charge in [-0.05, 0) is 68.3 Å². The van der Waals surface area contributed by atoms with E-state index in [0.717, 1.165) is 0 Å². The number of allylic oxidation sites excluding steroid dienone is 2. The molecular formula is C22H34. The van der Waals surface area contributed by atoms with Gasteiger partial charge in [-0.3, -0.25) is 0 Å². The van der Waals surface area contributed by atoms with Crippen molar-refractivity contribution < 1.29 is 0 Å². The summed E-state index contributed by atoms with van der Waals surface area (Å²) in [5.41, 5.74) is 5.76. The summed E-state index contributed by atoms with van der Waals surface area (Å²) in [6.45, 7) is 12.2. The van der Waals surface area contributed by atoms with Crippen LogP contribution in [0.3, 0.4) is 0 Å². The van der Waals surface area contributed by atoms with Gasteiger partial charge in [0.05, 0.1) is 0 Å². The third-order valence-corrected chi connectivity index (χ3v) is 5.67. The highest BCUT2D eigenvalue weighted by Gasteiger charge is 2.29. The van der Waals surface area contributed by atoms with Gasteiger partial charge in [-0.15, -0.1) is 0 Å². The first-order valence-corrected chi connectivity index (χ1v) is 9.03. The minimum atomic E-state index is 0.427. The van der Waals surface area contributed by atoms with Gasteiger partial charge in [0.2, 0.25) is 0 Å². The second-order valence-electron chi connectivity index (χ2n) is 8.65. The van der Waals surface area contributed by atoms with Crippen LogP contribution in [-0.4, -0.2) is 0 Å². The fourth-order valence-electron chi connectivity index (χ4n) is 3.94. The molecule has 0 spiro atoms. The topological polar surface area (TPSA) is 0 Å². The molecule has 0 saturated carbocycles. The minimum absolute atomic E-state index is 0.427. The number of rotatable bonds is 6. The van der Waals surface area contributed by atoms with E-state index in [2.05, 4.69) is 65.0 Å². The van der Waals surface area contributed by atoms with E-state index >= 15 is 0 Å². The van der Waals surface area contributed by atoms with Gasteiger partial charge in [0, 0.05) is 0 Å². The fraction of sp³-hybridized carbons (Fsp3) is 0.636. The average Bonchev–Trinajstić information content (AvgIpc) is 2.45. The van der Waals surface area contributed by atoms with Crippen molar-refractivity contribution in [3.8, 4) is 0 Å². The van der Waals surface area contributed by atoms with Crippen molar-refractivity contribution in [2.24, 2.45) is 10.8 Å². The van der Waals surface area contributed by atoms with Crippen molar-refractivity contribution in [1.82, 2.24) is 0 Å². The Morgan fingerprint density at radius 1 is 1.00 bits per heavy atom. The van der Waals surface area contributed by atoms with Gasteiger partial charge in [0.15, 0.2) is 0 Å². The third-order valence-electron chi connectivity index (χ3n) is 5.67. The Bertz CT molecular complexity index is 502. The summed E-state index contributed by atoms with van der Waals surface area (Å²) in [4.78, 5) is 0. The maximum Gasteiger partial charge on any atom is -0.0142 e. The number of hydrogen-bond donors (Lipinski definition) is 0. The van der Waals surface area contributed by atoms with Gasteiger partial charge in [0.25, 0.3) is 0 Å². The Morgan fingerprint density at radius 3 is 2.27 bits per heavy atom. The molecule has 0 atom stereocenters. The lowest BCUT2D eigenvalue weighted by Crippen LogP contribution is -2.22. The molecule has 0 aliphatic heterocycles. The largest absolute Gasteiger partial charge is 0.0736 e. The van der Waals surface area contributed by atoms with Gasteiger partial charge >= 0.3 is 0 Å². The first-order chi connectivity index (χ1) is 10.3. The SMILES string of the molecule is CC1=C(CCC(C)(C)CCc2ccccc2)C(C)(C)CCC1. The first kappa shape index (κ1) is 17.3. The zero-order valence-corrected chi connectivity index (χ0v) is 15.3. The lowest BCUT2D eigenvalue weighted by atomic mass is 9.69. The first-order valence-electron chi connectivity index (χ1n) is 9.03. The van der Waals surface area contributed by atoms with Gasteiger partial charge in [0.1, 0.15) is 0 Å². The van der Waals surface area contributed by atoms with E-state index in [-0.39, 0.29) is 0 Å². The highest BCUT2D eigenvalue weighted by molar-refractivity contribution is 5.22. The molecule has 0 amide bonds. The maximum atomic E-state index is 2.45. The van der Waals surface area contributed by atoms with Gasteiger partial charge in [-0.1, -0.05) is 69.2 Å². The van der Waals surface area contributed by atoms with E-state index in [9.17, 15) is 0 Å². The zero-order chi connectivity index (χ0) is 16.2. The van der Waals surface area contributed by atoms with E-state index in [1.165, 1.54) is 50.5 Å². The van der Waals surface area contributed by atoms with Crippen LogP contribution in [0.4, 0.5) is 0 Å². The Hall–Kier alpha value is -1.04. The van der Waals surface area contributed by atoms with Crippen molar-refractivity contribution in [2.75, 3.05) is 0 Å². The fourth-order valence-corrected chi connectivity index (χ4v) is 3.94. The molecule has 2 rings (SSSR count). The Balaban J connectivity index is 1.92. The van der Waals surface area contributed by atoms with Gasteiger partial charge in [-0.2, -0.15) is 0 Å². The number of benzene rings is 1. The van der Waals surface area contributed by atoms with Crippen LogP contribution >= 0.6 is 0 Å². The molecule has 1 aliphatic carbocycles. The van der Waals surface area contributed by atoms with Crippen molar-refractivity contribution in [3.05, 3.63) is 47.0 Å². The van der Waals surface area contributed by atoms with E-state index < -0.39 is 0 Å². The standard InChI is InChI=1S/C22H34/c1-18-10-9-15-22(4,5)20(18)14-17-21(2,3)16-13-19-11-7-6-8-12-19/h6-8,11-12H,9-10,13-17H2,1-5H3. The van der Waals surface area contributed by atoms with Crippen LogP contribution in [0, 0.1) is 10.8 Å². The number of aryl methyl sites for hydroxylation is 1.